The van der Waals surface area contributed by atoms with Crippen LogP contribution in [0.2, 0.25) is 0 Å². The molecule has 1 aliphatic carbocycles. The molecule has 1 saturated carbocycles. The molecular weight excluding hydrogens is 360 g/mol. The predicted octanol–water partition coefficient (Wildman–Crippen LogP) is 2.14. The van der Waals surface area contributed by atoms with Gasteiger partial charge < -0.3 is 19.3 Å². The quantitative estimate of drug-likeness (QED) is 0.725. The van der Waals surface area contributed by atoms with Crippen LogP contribution in [-0.2, 0) is 19.1 Å². The van der Waals surface area contributed by atoms with Crippen LogP contribution in [0.3, 0.4) is 0 Å². The molecule has 0 aromatic heterocycles. The highest BCUT2D eigenvalue weighted by Gasteiger charge is 2.51. The Bertz CT molecular complexity index is 789. The lowest BCUT2D eigenvalue weighted by molar-refractivity contribution is -0.151. The van der Waals surface area contributed by atoms with E-state index in [1.165, 1.54) is 7.11 Å². The Kier molecular flexibility index (Phi) is 5.00. The summed E-state index contributed by atoms with van der Waals surface area (Å²) in [6, 6.07) is 6.72. The number of hydrogen-bond acceptors (Lipinski definition) is 5. The highest BCUT2D eigenvalue weighted by atomic mass is 16.5. The van der Waals surface area contributed by atoms with E-state index in [0.717, 1.165) is 31.4 Å². The van der Waals surface area contributed by atoms with Crippen molar-refractivity contribution in [1.29, 1.82) is 0 Å². The Morgan fingerprint density at radius 2 is 2.07 bits per heavy atom. The number of rotatable bonds is 5. The van der Waals surface area contributed by atoms with Gasteiger partial charge in [-0.05, 0) is 43.2 Å². The largest absolute Gasteiger partial charge is 0.484 e. The van der Waals surface area contributed by atoms with Gasteiger partial charge in [0.05, 0.1) is 7.11 Å². The van der Waals surface area contributed by atoms with Gasteiger partial charge in [0.15, 0.2) is 6.61 Å². The maximum absolute atomic E-state index is 12.8. The van der Waals surface area contributed by atoms with Crippen LogP contribution < -0.4 is 9.64 Å². The molecule has 3 aliphatic rings. The molecule has 150 valence electrons. The molecule has 0 N–H and O–H groups in total. The van der Waals surface area contributed by atoms with Gasteiger partial charge in [-0.3, -0.25) is 9.59 Å². The number of amides is 2. The van der Waals surface area contributed by atoms with E-state index in [9.17, 15) is 14.4 Å². The van der Waals surface area contributed by atoms with Crippen LogP contribution in [-0.4, -0.2) is 55.5 Å². The number of benzene rings is 1. The summed E-state index contributed by atoms with van der Waals surface area (Å²) in [7, 11) is 1.36. The summed E-state index contributed by atoms with van der Waals surface area (Å²) in [5.41, 5.74) is 0.861. The van der Waals surface area contributed by atoms with Crippen LogP contribution in [0.4, 0.5) is 5.69 Å². The molecule has 1 spiro atoms. The molecule has 7 heteroatoms. The fraction of sp³-hybridized carbons (Fsp3) is 0.571. The zero-order valence-electron chi connectivity index (χ0n) is 16.2. The number of nitrogens with zero attached hydrogens (tertiary/aromatic N) is 2. The Morgan fingerprint density at radius 1 is 1.25 bits per heavy atom. The number of carbonyl (C=O) groups is 3. The molecule has 1 aromatic carbocycles. The van der Waals surface area contributed by atoms with Crippen molar-refractivity contribution >= 4 is 23.5 Å². The third kappa shape index (κ3) is 3.45. The van der Waals surface area contributed by atoms with Crippen molar-refractivity contribution in [3.05, 3.63) is 24.3 Å². The summed E-state index contributed by atoms with van der Waals surface area (Å²) < 4.78 is 10.6. The fourth-order valence-corrected chi connectivity index (χ4v) is 4.59. The number of anilines is 1. The van der Waals surface area contributed by atoms with Gasteiger partial charge >= 0.3 is 5.97 Å². The molecule has 7 nitrogen and oxygen atoms in total. The molecule has 28 heavy (non-hydrogen) atoms. The van der Waals surface area contributed by atoms with Gasteiger partial charge in [-0.25, -0.2) is 4.79 Å². The van der Waals surface area contributed by atoms with Crippen molar-refractivity contribution < 1.29 is 23.9 Å². The number of esters is 1. The molecule has 2 saturated heterocycles. The van der Waals surface area contributed by atoms with Crippen LogP contribution in [0.1, 0.15) is 38.5 Å². The summed E-state index contributed by atoms with van der Waals surface area (Å²) in [5.74, 6) is 0.0863. The van der Waals surface area contributed by atoms with E-state index >= 15 is 0 Å². The highest BCUT2D eigenvalue weighted by Crippen LogP contribution is 2.50. The lowest BCUT2D eigenvalue weighted by Crippen LogP contribution is -2.44. The van der Waals surface area contributed by atoms with Crippen molar-refractivity contribution in [3.8, 4) is 5.75 Å². The SMILES string of the molecule is COC(=O)C1CC2(CCC2)CN1C(=O)COc1cccc(N2CCCC2=O)c1. The predicted molar refractivity (Wildman–Crippen MR) is 102 cm³/mol. The van der Waals surface area contributed by atoms with Gasteiger partial charge in [0, 0.05) is 31.3 Å². The molecule has 1 atom stereocenters. The van der Waals surface area contributed by atoms with E-state index < -0.39 is 6.04 Å². The standard InChI is InChI=1S/C21H26N2O5/c1-27-20(26)17-12-21(8-4-9-21)14-23(17)19(25)13-28-16-6-2-5-15(11-16)22-10-3-7-18(22)24/h2,5-6,11,17H,3-4,7-10,12-14H2,1H3. The van der Waals surface area contributed by atoms with E-state index in [0.29, 0.717) is 31.7 Å². The number of ether oxygens (including phenoxy) is 2. The second-order valence-electron chi connectivity index (χ2n) is 8.05. The Balaban J connectivity index is 1.41. The highest BCUT2D eigenvalue weighted by molar-refractivity contribution is 5.95. The summed E-state index contributed by atoms with van der Waals surface area (Å²) >= 11 is 0. The van der Waals surface area contributed by atoms with Crippen molar-refractivity contribution in [2.45, 2.75) is 44.6 Å². The molecule has 4 rings (SSSR count). The number of methoxy groups -OCH3 is 1. The first-order valence-electron chi connectivity index (χ1n) is 9.92. The Morgan fingerprint density at radius 3 is 2.71 bits per heavy atom. The molecule has 0 radical (unpaired) electrons. The summed E-state index contributed by atoms with van der Waals surface area (Å²) in [6.07, 6.45) is 5.35. The first-order chi connectivity index (χ1) is 13.5. The minimum absolute atomic E-state index is 0.0740. The first kappa shape index (κ1) is 18.8. The van der Waals surface area contributed by atoms with E-state index in [2.05, 4.69) is 0 Å². The summed E-state index contributed by atoms with van der Waals surface area (Å²) in [4.78, 5) is 40.3. The van der Waals surface area contributed by atoms with Crippen LogP contribution >= 0.6 is 0 Å². The van der Waals surface area contributed by atoms with Crippen molar-refractivity contribution in [2.75, 3.05) is 31.7 Å². The number of carbonyl (C=O) groups excluding carboxylic acids is 3. The zero-order chi connectivity index (χ0) is 19.7. The first-order valence-corrected chi connectivity index (χ1v) is 9.92. The normalized spacial score (nSPS) is 23.0. The summed E-state index contributed by atoms with van der Waals surface area (Å²) in [5, 5.41) is 0. The number of hydrogen-bond donors (Lipinski definition) is 0. The number of likely N-dealkylation sites (tertiary alicyclic amines) is 1. The average Bonchev–Trinajstić information content (AvgIpc) is 3.30. The fourth-order valence-electron chi connectivity index (χ4n) is 4.59. The molecule has 1 aromatic rings. The maximum Gasteiger partial charge on any atom is 0.328 e. The van der Waals surface area contributed by atoms with E-state index in [-0.39, 0.29) is 29.8 Å². The van der Waals surface area contributed by atoms with Gasteiger partial charge in [-0.15, -0.1) is 0 Å². The minimum Gasteiger partial charge on any atom is -0.484 e. The van der Waals surface area contributed by atoms with Crippen LogP contribution in [0, 0.1) is 5.41 Å². The second kappa shape index (κ2) is 7.45. The van der Waals surface area contributed by atoms with Gasteiger partial charge in [0.25, 0.3) is 5.91 Å². The van der Waals surface area contributed by atoms with Crippen molar-refractivity contribution in [2.24, 2.45) is 5.41 Å². The van der Waals surface area contributed by atoms with Gasteiger partial charge in [-0.2, -0.15) is 0 Å². The van der Waals surface area contributed by atoms with Crippen LogP contribution in [0.15, 0.2) is 24.3 Å². The smallest absolute Gasteiger partial charge is 0.328 e. The molecule has 2 amide bonds. The molecule has 0 bridgehead atoms. The molecule has 1 unspecified atom stereocenters. The Hall–Kier alpha value is -2.57. The van der Waals surface area contributed by atoms with E-state index in [4.69, 9.17) is 9.47 Å². The van der Waals surface area contributed by atoms with E-state index in [1.54, 1.807) is 21.9 Å². The van der Waals surface area contributed by atoms with Crippen LogP contribution in [0.25, 0.3) is 0 Å². The third-order valence-electron chi connectivity index (χ3n) is 6.28. The molecule has 2 aliphatic heterocycles. The Labute approximate surface area is 164 Å². The summed E-state index contributed by atoms with van der Waals surface area (Å²) in [6.45, 7) is 1.16. The average molecular weight is 386 g/mol. The third-order valence-corrected chi connectivity index (χ3v) is 6.28. The van der Waals surface area contributed by atoms with Gasteiger partial charge in [0.1, 0.15) is 11.8 Å². The van der Waals surface area contributed by atoms with Gasteiger partial charge in [0.2, 0.25) is 5.91 Å². The van der Waals surface area contributed by atoms with Gasteiger partial charge in [-0.1, -0.05) is 12.5 Å². The lowest BCUT2D eigenvalue weighted by Gasteiger charge is -2.37. The minimum atomic E-state index is -0.519. The van der Waals surface area contributed by atoms with E-state index in [1.807, 2.05) is 12.1 Å². The maximum atomic E-state index is 12.8. The monoisotopic (exact) mass is 386 g/mol. The molecule has 3 fully saturated rings. The van der Waals surface area contributed by atoms with Crippen LogP contribution in [0.5, 0.6) is 5.75 Å². The zero-order valence-corrected chi connectivity index (χ0v) is 16.2. The second-order valence-corrected chi connectivity index (χ2v) is 8.05. The van der Waals surface area contributed by atoms with Crippen molar-refractivity contribution in [1.82, 2.24) is 4.90 Å². The molecule has 2 heterocycles. The van der Waals surface area contributed by atoms with Crippen molar-refractivity contribution in [3.63, 3.8) is 0 Å². The molecular formula is C21H26N2O5. The lowest BCUT2D eigenvalue weighted by atomic mass is 9.67. The topological polar surface area (TPSA) is 76.2 Å².